The maximum Gasteiger partial charge on any atom is 0.264 e. The molecule has 2 aromatic carbocycles. The average molecular weight is 444 g/mol. The minimum atomic E-state index is -3.60. The average Bonchev–Trinajstić information content (AvgIpc) is 2.61. The first-order valence-electron chi connectivity index (χ1n) is 7.06. The number of ether oxygens (including phenoxy) is 1. The van der Waals surface area contributed by atoms with Crippen molar-refractivity contribution in [2.45, 2.75) is 10.9 Å². The highest BCUT2D eigenvalue weighted by molar-refractivity contribution is 14.1. The molecule has 1 atom stereocenters. The SMILES string of the molecule is COCNC1c2ccccc2N(C)S(=O)(=O)c2cc(I)ccc21. The van der Waals surface area contributed by atoms with Crippen molar-refractivity contribution in [1.82, 2.24) is 5.32 Å². The number of anilines is 1. The van der Waals surface area contributed by atoms with Crippen LogP contribution in [0.5, 0.6) is 0 Å². The molecule has 0 saturated carbocycles. The molecule has 0 fully saturated rings. The molecule has 1 aliphatic rings. The van der Waals surface area contributed by atoms with Crippen LogP contribution in [0.2, 0.25) is 0 Å². The number of fused-ring (bicyclic) bond motifs is 2. The van der Waals surface area contributed by atoms with Gasteiger partial charge in [0.1, 0.15) is 0 Å². The smallest absolute Gasteiger partial charge is 0.264 e. The first-order valence-corrected chi connectivity index (χ1v) is 9.58. The third-order valence-electron chi connectivity index (χ3n) is 3.94. The second kappa shape index (κ2) is 6.39. The number of hydrogen-bond acceptors (Lipinski definition) is 4. The van der Waals surface area contributed by atoms with E-state index in [0.717, 1.165) is 14.7 Å². The van der Waals surface area contributed by atoms with Crippen molar-refractivity contribution in [2.24, 2.45) is 0 Å². The van der Waals surface area contributed by atoms with Crippen molar-refractivity contribution in [3.63, 3.8) is 0 Å². The van der Waals surface area contributed by atoms with Gasteiger partial charge < -0.3 is 4.74 Å². The van der Waals surface area contributed by atoms with Crippen LogP contribution in [0.4, 0.5) is 5.69 Å². The number of para-hydroxylation sites is 1. The maximum atomic E-state index is 13.0. The molecule has 5 nitrogen and oxygen atoms in total. The predicted octanol–water partition coefficient (Wildman–Crippen LogP) is 2.71. The summed E-state index contributed by atoms with van der Waals surface area (Å²) in [6.45, 7) is 0.328. The summed E-state index contributed by atoms with van der Waals surface area (Å²) in [6, 6.07) is 12.8. The highest BCUT2D eigenvalue weighted by Crippen LogP contribution is 2.40. The molecule has 2 aromatic rings. The van der Waals surface area contributed by atoms with Crippen LogP contribution in [0.1, 0.15) is 17.2 Å². The van der Waals surface area contributed by atoms with E-state index in [1.807, 2.05) is 36.4 Å². The molecule has 0 saturated heterocycles. The molecule has 1 N–H and O–H groups in total. The third-order valence-corrected chi connectivity index (χ3v) is 6.44. The predicted molar refractivity (Wildman–Crippen MR) is 98.0 cm³/mol. The molecular weight excluding hydrogens is 427 g/mol. The molecule has 0 radical (unpaired) electrons. The van der Waals surface area contributed by atoms with Gasteiger partial charge in [-0.25, -0.2) is 8.42 Å². The van der Waals surface area contributed by atoms with Gasteiger partial charge in [-0.1, -0.05) is 24.3 Å². The Labute approximate surface area is 149 Å². The van der Waals surface area contributed by atoms with Crippen molar-refractivity contribution in [1.29, 1.82) is 0 Å². The normalized spacial score (nSPS) is 18.9. The van der Waals surface area contributed by atoms with Gasteiger partial charge in [0.05, 0.1) is 23.4 Å². The van der Waals surface area contributed by atoms with Crippen molar-refractivity contribution in [3.8, 4) is 0 Å². The molecule has 0 bridgehead atoms. The van der Waals surface area contributed by atoms with Gasteiger partial charge in [-0.3, -0.25) is 9.62 Å². The van der Waals surface area contributed by atoms with E-state index in [-0.39, 0.29) is 6.04 Å². The summed E-state index contributed by atoms with van der Waals surface area (Å²) in [5.41, 5.74) is 2.32. The van der Waals surface area contributed by atoms with E-state index in [1.165, 1.54) is 4.31 Å². The van der Waals surface area contributed by atoms with E-state index in [2.05, 4.69) is 27.9 Å². The van der Waals surface area contributed by atoms with Gasteiger partial charge >= 0.3 is 0 Å². The summed E-state index contributed by atoms with van der Waals surface area (Å²) in [4.78, 5) is 0.330. The molecule has 3 rings (SSSR count). The Kier molecular flexibility index (Phi) is 4.63. The number of halogens is 1. The van der Waals surface area contributed by atoms with E-state index < -0.39 is 10.0 Å². The lowest BCUT2D eigenvalue weighted by Gasteiger charge is -2.21. The van der Waals surface area contributed by atoms with Gasteiger partial charge in [0.25, 0.3) is 10.0 Å². The number of methoxy groups -OCH3 is 1. The fourth-order valence-electron chi connectivity index (χ4n) is 2.82. The van der Waals surface area contributed by atoms with Crippen LogP contribution < -0.4 is 9.62 Å². The van der Waals surface area contributed by atoms with Crippen LogP contribution in [0, 0.1) is 3.57 Å². The number of sulfonamides is 1. The molecule has 122 valence electrons. The van der Waals surface area contributed by atoms with Gasteiger partial charge in [-0.15, -0.1) is 0 Å². The first-order chi connectivity index (χ1) is 11.0. The second-order valence-corrected chi connectivity index (χ2v) is 8.47. The molecule has 1 heterocycles. The molecule has 0 amide bonds. The zero-order valence-electron chi connectivity index (χ0n) is 12.8. The van der Waals surface area contributed by atoms with Crippen LogP contribution in [-0.2, 0) is 14.8 Å². The van der Waals surface area contributed by atoms with Crippen molar-refractivity contribution in [2.75, 3.05) is 25.2 Å². The maximum absolute atomic E-state index is 13.0. The van der Waals surface area contributed by atoms with Gasteiger partial charge in [-0.2, -0.15) is 0 Å². The fourth-order valence-corrected chi connectivity index (χ4v) is 5.00. The molecule has 23 heavy (non-hydrogen) atoms. The van der Waals surface area contributed by atoms with Gasteiger partial charge in [0.15, 0.2) is 0 Å². The summed E-state index contributed by atoms with van der Waals surface area (Å²) < 4.78 is 33.4. The minimum absolute atomic E-state index is 0.252. The van der Waals surface area contributed by atoms with Crippen LogP contribution in [-0.4, -0.2) is 29.3 Å². The zero-order chi connectivity index (χ0) is 16.6. The Morgan fingerprint density at radius 3 is 2.70 bits per heavy atom. The molecule has 0 aromatic heterocycles. The van der Waals surface area contributed by atoms with E-state index in [1.54, 1.807) is 20.2 Å². The molecule has 7 heteroatoms. The van der Waals surface area contributed by atoms with Crippen LogP contribution in [0.25, 0.3) is 0 Å². The molecular formula is C16H17IN2O3S. The Morgan fingerprint density at radius 1 is 1.22 bits per heavy atom. The third kappa shape index (κ3) is 2.86. The largest absolute Gasteiger partial charge is 0.370 e. The van der Waals surface area contributed by atoms with Crippen LogP contribution in [0.3, 0.4) is 0 Å². The Hall–Kier alpha value is -1.16. The molecule has 1 unspecified atom stereocenters. The van der Waals surface area contributed by atoms with Crippen molar-refractivity contribution >= 4 is 38.3 Å². The quantitative estimate of drug-likeness (QED) is 0.585. The van der Waals surface area contributed by atoms with E-state index in [0.29, 0.717) is 17.3 Å². The molecule has 0 spiro atoms. The Bertz CT molecular complexity index is 839. The lowest BCUT2D eigenvalue weighted by atomic mass is 9.97. The summed E-state index contributed by atoms with van der Waals surface area (Å²) in [7, 11) is -0.405. The summed E-state index contributed by atoms with van der Waals surface area (Å²) in [6.07, 6.45) is 0. The molecule has 1 aliphatic heterocycles. The van der Waals surface area contributed by atoms with Gasteiger partial charge in [0, 0.05) is 17.7 Å². The van der Waals surface area contributed by atoms with Gasteiger partial charge in [-0.05, 0) is 51.9 Å². The van der Waals surface area contributed by atoms with Crippen molar-refractivity contribution < 1.29 is 13.2 Å². The number of nitrogens with one attached hydrogen (secondary N) is 1. The highest BCUT2D eigenvalue weighted by Gasteiger charge is 2.34. The van der Waals surface area contributed by atoms with E-state index in [4.69, 9.17) is 4.74 Å². The van der Waals surface area contributed by atoms with E-state index >= 15 is 0 Å². The Balaban J connectivity index is 2.32. The summed E-state index contributed by atoms with van der Waals surface area (Å²) >= 11 is 2.13. The highest BCUT2D eigenvalue weighted by atomic mass is 127. The number of hydrogen-bond donors (Lipinski definition) is 1. The summed E-state index contributed by atoms with van der Waals surface area (Å²) in [5.74, 6) is 0. The van der Waals surface area contributed by atoms with Crippen molar-refractivity contribution in [3.05, 3.63) is 57.2 Å². The lowest BCUT2D eigenvalue weighted by molar-refractivity contribution is 0.168. The summed E-state index contributed by atoms with van der Waals surface area (Å²) in [5, 5.41) is 3.29. The Morgan fingerprint density at radius 2 is 1.96 bits per heavy atom. The number of rotatable bonds is 3. The molecule has 0 aliphatic carbocycles. The number of nitrogens with zero attached hydrogens (tertiary/aromatic N) is 1. The fraction of sp³-hybridized carbons (Fsp3) is 0.250. The zero-order valence-corrected chi connectivity index (χ0v) is 15.8. The second-order valence-electron chi connectivity index (χ2n) is 5.28. The topological polar surface area (TPSA) is 58.6 Å². The van der Waals surface area contributed by atoms with E-state index in [9.17, 15) is 8.42 Å². The van der Waals surface area contributed by atoms with Crippen LogP contribution in [0.15, 0.2) is 47.4 Å². The van der Waals surface area contributed by atoms with Gasteiger partial charge in [0.2, 0.25) is 0 Å². The lowest BCUT2D eigenvalue weighted by Crippen LogP contribution is -2.26. The van der Waals surface area contributed by atoms with Crippen LogP contribution >= 0.6 is 22.6 Å². The first kappa shape index (κ1) is 16.7. The minimum Gasteiger partial charge on any atom is -0.370 e. The number of benzene rings is 2. The standard InChI is InChI=1S/C16H17IN2O3S/c1-19-14-6-4-3-5-12(14)16(18-10-22-2)13-8-7-11(17)9-15(13)23(19,20)21/h3-9,16,18H,10H2,1-2H3. The monoisotopic (exact) mass is 444 g/mol.